The predicted molar refractivity (Wildman–Crippen MR) is 60.0 cm³/mol. The van der Waals surface area contributed by atoms with Crippen LogP contribution in [-0.2, 0) is 16.1 Å². The van der Waals surface area contributed by atoms with Crippen molar-refractivity contribution in [1.29, 1.82) is 0 Å². The highest BCUT2D eigenvalue weighted by atomic mass is 16.5. The molecule has 1 aliphatic rings. The van der Waals surface area contributed by atoms with Crippen LogP contribution in [0.3, 0.4) is 0 Å². The number of benzene rings is 1. The summed E-state index contributed by atoms with van der Waals surface area (Å²) in [5.41, 5.74) is 1.10. The number of carboxylic acids is 1. The van der Waals surface area contributed by atoms with Crippen molar-refractivity contribution < 1.29 is 14.6 Å². The fourth-order valence-corrected chi connectivity index (χ4v) is 2.19. The molecular weight excluding hydrogens is 204 g/mol. The number of aliphatic carboxylic acids is 1. The maximum absolute atomic E-state index is 10.9. The largest absolute Gasteiger partial charge is 0.481 e. The molecule has 0 amide bonds. The minimum atomic E-state index is -0.726. The van der Waals surface area contributed by atoms with E-state index in [0.717, 1.165) is 24.8 Å². The van der Waals surface area contributed by atoms with Crippen molar-refractivity contribution in [3.63, 3.8) is 0 Å². The summed E-state index contributed by atoms with van der Waals surface area (Å²) in [6.45, 7) is 0.509. The Labute approximate surface area is 95.0 Å². The van der Waals surface area contributed by atoms with Crippen LogP contribution in [0.4, 0.5) is 0 Å². The van der Waals surface area contributed by atoms with Gasteiger partial charge < -0.3 is 9.84 Å². The van der Waals surface area contributed by atoms with Crippen molar-refractivity contribution in [3.8, 4) is 0 Å². The van der Waals surface area contributed by atoms with Crippen LogP contribution in [0.2, 0.25) is 0 Å². The van der Waals surface area contributed by atoms with Gasteiger partial charge in [0.1, 0.15) is 0 Å². The van der Waals surface area contributed by atoms with Gasteiger partial charge in [-0.3, -0.25) is 4.79 Å². The lowest BCUT2D eigenvalue weighted by molar-refractivity contribution is -0.146. The SMILES string of the molecule is O=C(O)C1CCCC1OCc1ccccc1. The summed E-state index contributed by atoms with van der Waals surface area (Å²) in [5, 5.41) is 9.00. The van der Waals surface area contributed by atoms with Gasteiger partial charge in [-0.05, 0) is 24.8 Å². The number of hydrogen-bond donors (Lipinski definition) is 1. The molecule has 1 aromatic carbocycles. The molecule has 2 unspecified atom stereocenters. The van der Waals surface area contributed by atoms with Gasteiger partial charge in [-0.15, -0.1) is 0 Å². The van der Waals surface area contributed by atoms with Crippen LogP contribution in [0.1, 0.15) is 24.8 Å². The molecule has 1 fully saturated rings. The van der Waals surface area contributed by atoms with E-state index in [1.54, 1.807) is 0 Å². The maximum Gasteiger partial charge on any atom is 0.309 e. The average Bonchev–Trinajstić information content (AvgIpc) is 2.76. The molecule has 0 heterocycles. The lowest BCUT2D eigenvalue weighted by Gasteiger charge is -2.16. The molecule has 0 aromatic heterocycles. The summed E-state index contributed by atoms with van der Waals surface area (Å²) >= 11 is 0. The van der Waals surface area contributed by atoms with E-state index < -0.39 is 5.97 Å². The lowest BCUT2D eigenvalue weighted by atomic mass is 10.1. The number of ether oxygens (including phenoxy) is 1. The molecule has 0 spiro atoms. The first-order valence-corrected chi connectivity index (χ1v) is 5.65. The first kappa shape index (κ1) is 11.1. The Morgan fingerprint density at radius 1 is 1.31 bits per heavy atom. The third-order valence-electron chi connectivity index (χ3n) is 3.08. The van der Waals surface area contributed by atoms with Crippen molar-refractivity contribution in [3.05, 3.63) is 35.9 Å². The minimum absolute atomic E-state index is 0.113. The normalized spacial score (nSPS) is 24.5. The number of rotatable bonds is 4. The van der Waals surface area contributed by atoms with E-state index in [9.17, 15) is 4.79 Å². The zero-order chi connectivity index (χ0) is 11.4. The van der Waals surface area contributed by atoms with Gasteiger partial charge >= 0.3 is 5.97 Å². The second-order valence-corrected chi connectivity index (χ2v) is 4.21. The third-order valence-corrected chi connectivity index (χ3v) is 3.08. The molecule has 2 rings (SSSR count). The van der Waals surface area contributed by atoms with Crippen molar-refractivity contribution in [2.75, 3.05) is 0 Å². The van der Waals surface area contributed by atoms with Crippen LogP contribution in [0.25, 0.3) is 0 Å². The molecule has 0 bridgehead atoms. The van der Waals surface area contributed by atoms with Gasteiger partial charge in [0.05, 0.1) is 18.6 Å². The summed E-state index contributed by atoms with van der Waals surface area (Å²) in [4.78, 5) is 10.9. The van der Waals surface area contributed by atoms with Gasteiger partial charge in [-0.2, -0.15) is 0 Å². The highest BCUT2D eigenvalue weighted by molar-refractivity contribution is 5.71. The Balaban J connectivity index is 1.88. The minimum Gasteiger partial charge on any atom is -0.481 e. The molecule has 1 N–H and O–H groups in total. The van der Waals surface area contributed by atoms with Crippen LogP contribution in [0.15, 0.2) is 30.3 Å². The quantitative estimate of drug-likeness (QED) is 0.847. The monoisotopic (exact) mass is 220 g/mol. The number of carboxylic acid groups (broad SMARTS) is 1. The lowest BCUT2D eigenvalue weighted by Crippen LogP contribution is -2.25. The van der Waals surface area contributed by atoms with Gasteiger partial charge in [-0.1, -0.05) is 30.3 Å². The fraction of sp³-hybridized carbons (Fsp3) is 0.462. The Morgan fingerprint density at radius 2 is 2.06 bits per heavy atom. The van der Waals surface area contributed by atoms with Crippen LogP contribution in [0.5, 0.6) is 0 Å². The molecule has 16 heavy (non-hydrogen) atoms. The van der Waals surface area contributed by atoms with Crippen LogP contribution >= 0.6 is 0 Å². The van der Waals surface area contributed by atoms with Crippen LogP contribution in [-0.4, -0.2) is 17.2 Å². The summed E-state index contributed by atoms with van der Waals surface area (Å²) in [5.74, 6) is -1.04. The van der Waals surface area contributed by atoms with Crippen LogP contribution < -0.4 is 0 Å². The zero-order valence-corrected chi connectivity index (χ0v) is 9.13. The van der Waals surface area contributed by atoms with E-state index in [0.29, 0.717) is 6.61 Å². The summed E-state index contributed by atoms with van der Waals surface area (Å²) in [7, 11) is 0. The number of carbonyl (C=O) groups is 1. The van der Waals surface area contributed by atoms with Crippen LogP contribution in [0, 0.1) is 5.92 Å². The van der Waals surface area contributed by atoms with E-state index in [-0.39, 0.29) is 12.0 Å². The highest BCUT2D eigenvalue weighted by Gasteiger charge is 2.33. The van der Waals surface area contributed by atoms with Crippen molar-refractivity contribution in [1.82, 2.24) is 0 Å². The molecule has 86 valence electrons. The highest BCUT2D eigenvalue weighted by Crippen LogP contribution is 2.29. The molecule has 0 saturated heterocycles. The van der Waals surface area contributed by atoms with Gasteiger partial charge in [-0.25, -0.2) is 0 Å². The molecule has 0 radical (unpaired) electrons. The first-order chi connectivity index (χ1) is 7.77. The molecule has 0 aliphatic heterocycles. The summed E-state index contributed by atoms with van der Waals surface area (Å²) < 4.78 is 5.68. The smallest absolute Gasteiger partial charge is 0.309 e. The topological polar surface area (TPSA) is 46.5 Å². The van der Waals surface area contributed by atoms with Gasteiger partial charge in [0.2, 0.25) is 0 Å². The van der Waals surface area contributed by atoms with Gasteiger partial charge in [0, 0.05) is 0 Å². The van der Waals surface area contributed by atoms with E-state index in [2.05, 4.69) is 0 Å². The Bertz CT molecular complexity index is 347. The molecule has 1 aliphatic carbocycles. The van der Waals surface area contributed by atoms with Crippen molar-refractivity contribution >= 4 is 5.97 Å². The number of hydrogen-bond acceptors (Lipinski definition) is 2. The standard InChI is InChI=1S/C13H16O3/c14-13(15)11-7-4-8-12(11)16-9-10-5-2-1-3-6-10/h1-3,5-6,11-12H,4,7-9H2,(H,14,15). The Kier molecular flexibility index (Phi) is 3.57. The molecule has 3 heteroatoms. The zero-order valence-electron chi connectivity index (χ0n) is 9.13. The molecular formula is C13H16O3. The second-order valence-electron chi connectivity index (χ2n) is 4.21. The third kappa shape index (κ3) is 2.61. The van der Waals surface area contributed by atoms with E-state index in [4.69, 9.17) is 9.84 Å². The van der Waals surface area contributed by atoms with Gasteiger partial charge in [0.15, 0.2) is 0 Å². The summed E-state index contributed by atoms with van der Waals surface area (Å²) in [6.07, 6.45) is 2.45. The molecule has 2 atom stereocenters. The van der Waals surface area contributed by atoms with Gasteiger partial charge in [0.25, 0.3) is 0 Å². The molecule has 3 nitrogen and oxygen atoms in total. The maximum atomic E-state index is 10.9. The Morgan fingerprint density at radius 3 is 2.75 bits per heavy atom. The average molecular weight is 220 g/mol. The fourth-order valence-electron chi connectivity index (χ4n) is 2.19. The first-order valence-electron chi connectivity index (χ1n) is 5.65. The Hall–Kier alpha value is -1.35. The van der Waals surface area contributed by atoms with Crippen molar-refractivity contribution in [2.24, 2.45) is 5.92 Å². The van der Waals surface area contributed by atoms with Crippen molar-refractivity contribution in [2.45, 2.75) is 32.0 Å². The molecule has 1 saturated carbocycles. The molecule has 1 aromatic rings. The second kappa shape index (κ2) is 5.12. The summed E-state index contributed by atoms with van der Waals surface area (Å²) in [6, 6.07) is 9.86. The van der Waals surface area contributed by atoms with E-state index >= 15 is 0 Å². The van der Waals surface area contributed by atoms with E-state index in [1.807, 2.05) is 30.3 Å². The predicted octanol–water partition coefficient (Wildman–Crippen LogP) is 2.46. The van der Waals surface area contributed by atoms with E-state index in [1.165, 1.54) is 0 Å².